The van der Waals surface area contributed by atoms with Gasteiger partial charge in [0.25, 0.3) is 0 Å². The van der Waals surface area contributed by atoms with Crippen molar-refractivity contribution in [3.05, 3.63) is 30.5 Å². The predicted molar refractivity (Wildman–Crippen MR) is 69.4 cm³/mol. The zero-order chi connectivity index (χ0) is 13.6. The first-order chi connectivity index (χ1) is 9.19. The molecule has 19 heavy (non-hydrogen) atoms. The minimum atomic E-state index is -0.0542. The Hall–Kier alpha value is -1.79. The molecule has 2 aromatic heterocycles. The third-order valence-electron chi connectivity index (χ3n) is 4.03. The fourth-order valence-electron chi connectivity index (χ4n) is 2.91. The first-order valence-electron chi connectivity index (χ1n) is 6.23. The van der Waals surface area contributed by atoms with Gasteiger partial charge in [-0.1, -0.05) is 6.58 Å². The van der Waals surface area contributed by atoms with Crippen LogP contribution < -0.4 is 0 Å². The maximum Gasteiger partial charge on any atom is 0.164 e. The van der Waals surface area contributed by atoms with Gasteiger partial charge < -0.3 is 14.8 Å². The highest BCUT2D eigenvalue weighted by molar-refractivity contribution is 5.73. The molecular weight excluding hydrogens is 244 g/mol. The number of aromatic nitrogens is 4. The molecule has 6 heteroatoms. The lowest BCUT2D eigenvalue weighted by Crippen LogP contribution is -2.44. The fourth-order valence-corrected chi connectivity index (χ4v) is 2.91. The molecule has 100 valence electrons. The van der Waals surface area contributed by atoms with Crippen LogP contribution in [-0.2, 0) is 0 Å². The molecule has 0 aliphatic heterocycles. The average molecular weight is 260 g/mol. The molecule has 1 aliphatic rings. The van der Waals surface area contributed by atoms with Crippen LogP contribution in [-0.4, -0.2) is 42.9 Å². The van der Waals surface area contributed by atoms with Crippen molar-refractivity contribution in [3.8, 4) is 0 Å². The Kier molecular flexibility index (Phi) is 2.83. The molecule has 1 aliphatic carbocycles. The monoisotopic (exact) mass is 260 g/mol. The van der Waals surface area contributed by atoms with Gasteiger partial charge in [-0.25, -0.2) is 15.0 Å². The van der Waals surface area contributed by atoms with Crippen molar-refractivity contribution in [2.75, 3.05) is 13.2 Å². The number of hydrogen-bond donors (Lipinski definition) is 2. The van der Waals surface area contributed by atoms with Crippen molar-refractivity contribution < 1.29 is 10.2 Å². The molecule has 0 saturated heterocycles. The van der Waals surface area contributed by atoms with Gasteiger partial charge >= 0.3 is 0 Å². The SMILES string of the molecule is C=C1[C@@H](CO)[C@H](CO)[C@H]1n1cnc2c(C)ncnc21. The maximum absolute atomic E-state index is 9.48. The van der Waals surface area contributed by atoms with Gasteiger partial charge in [-0.3, -0.25) is 0 Å². The van der Waals surface area contributed by atoms with E-state index in [-0.39, 0.29) is 31.1 Å². The largest absolute Gasteiger partial charge is 0.396 e. The van der Waals surface area contributed by atoms with E-state index >= 15 is 0 Å². The lowest BCUT2D eigenvalue weighted by atomic mass is 9.66. The Morgan fingerprint density at radius 1 is 1.26 bits per heavy atom. The zero-order valence-electron chi connectivity index (χ0n) is 10.7. The van der Waals surface area contributed by atoms with E-state index in [1.165, 1.54) is 6.33 Å². The molecule has 3 atom stereocenters. The van der Waals surface area contributed by atoms with Gasteiger partial charge in [0.2, 0.25) is 0 Å². The van der Waals surface area contributed by atoms with Crippen LogP contribution in [0, 0.1) is 18.8 Å². The van der Waals surface area contributed by atoms with E-state index < -0.39 is 0 Å². The van der Waals surface area contributed by atoms with Crippen molar-refractivity contribution >= 4 is 11.2 Å². The molecule has 2 aromatic rings. The first-order valence-corrected chi connectivity index (χ1v) is 6.23. The van der Waals surface area contributed by atoms with Gasteiger partial charge in [0, 0.05) is 18.4 Å². The van der Waals surface area contributed by atoms with Crippen LogP contribution in [0.2, 0.25) is 0 Å². The Morgan fingerprint density at radius 2 is 2.05 bits per heavy atom. The Morgan fingerprint density at radius 3 is 2.74 bits per heavy atom. The second kappa shape index (κ2) is 4.40. The topological polar surface area (TPSA) is 84.1 Å². The summed E-state index contributed by atoms with van der Waals surface area (Å²) in [5, 5.41) is 18.8. The van der Waals surface area contributed by atoms with Gasteiger partial charge in [-0.15, -0.1) is 0 Å². The van der Waals surface area contributed by atoms with Gasteiger partial charge in [0.1, 0.15) is 11.8 Å². The van der Waals surface area contributed by atoms with E-state index in [2.05, 4.69) is 21.5 Å². The van der Waals surface area contributed by atoms with E-state index in [0.29, 0.717) is 0 Å². The fraction of sp³-hybridized carbons (Fsp3) is 0.462. The summed E-state index contributed by atoms with van der Waals surface area (Å²) in [6.07, 6.45) is 3.22. The molecule has 0 unspecified atom stereocenters. The number of aliphatic hydroxyl groups excluding tert-OH is 2. The molecule has 0 bridgehead atoms. The maximum atomic E-state index is 9.48. The summed E-state index contributed by atoms with van der Waals surface area (Å²) < 4.78 is 1.92. The Labute approximate surface area is 110 Å². The van der Waals surface area contributed by atoms with Crippen molar-refractivity contribution in [2.45, 2.75) is 13.0 Å². The van der Waals surface area contributed by atoms with Gasteiger partial charge in [0.05, 0.1) is 24.7 Å². The summed E-state index contributed by atoms with van der Waals surface area (Å²) in [4.78, 5) is 12.7. The highest BCUT2D eigenvalue weighted by Crippen LogP contribution is 2.48. The summed E-state index contributed by atoms with van der Waals surface area (Å²) in [5.74, 6) is -0.0828. The summed E-state index contributed by atoms with van der Waals surface area (Å²) in [6.45, 7) is 5.93. The predicted octanol–water partition coefficient (Wildman–Crippen LogP) is 0.463. The number of hydrogen-bond acceptors (Lipinski definition) is 5. The van der Waals surface area contributed by atoms with E-state index in [9.17, 15) is 10.2 Å². The van der Waals surface area contributed by atoms with Crippen molar-refractivity contribution in [1.29, 1.82) is 0 Å². The van der Waals surface area contributed by atoms with Crippen molar-refractivity contribution in [1.82, 2.24) is 19.5 Å². The van der Waals surface area contributed by atoms with Crippen LogP contribution >= 0.6 is 0 Å². The van der Waals surface area contributed by atoms with Crippen LogP contribution in [0.3, 0.4) is 0 Å². The summed E-state index contributed by atoms with van der Waals surface area (Å²) in [6, 6.07) is -0.0542. The minimum Gasteiger partial charge on any atom is -0.396 e. The van der Waals surface area contributed by atoms with Crippen LogP contribution in [0.25, 0.3) is 11.2 Å². The van der Waals surface area contributed by atoms with Crippen LogP contribution in [0.1, 0.15) is 11.7 Å². The smallest absolute Gasteiger partial charge is 0.164 e. The molecular formula is C13H16N4O2. The number of rotatable bonds is 3. The number of nitrogens with zero attached hydrogens (tertiary/aromatic N) is 4. The minimum absolute atomic E-state index is 0.0126. The highest BCUT2D eigenvalue weighted by Gasteiger charge is 2.45. The molecule has 0 radical (unpaired) electrons. The van der Waals surface area contributed by atoms with Crippen LogP contribution in [0.4, 0.5) is 0 Å². The first kappa shape index (κ1) is 12.3. The van der Waals surface area contributed by atoms with Gasteiger partial charge in [0.15, 0.2) is 5.65 Å². The Bertz CT molecular complexity index is 637. The molecule has 0 aromatic carbocycles. The average Bonchev–Trinajstić information content (AvgIpc) is 2.81. The molecule has 3 rings (SSSR count). The van der Waals surface area contributed by atoms with E-state index in [0.717, 1.165) is 22.4 Å². The Balaban J connectivity index is 2.06. The second-order valence-corrected chi connectivity index (χ2v) is 4.94. The molecule has 0 amide bonds. The van der Waals surface area contributed by atoms with Crippen molar-refractivity contribution in [2.24, 2.45) is 11.8 Å². The number of imidazole rings is 1. The molecule has 1 fully saturated rings. The lowest BCUT2D eigenvalue weighted by Gasteiger charge is -2.46. The third kappa shape index (κ3) is 1.60. The number of fused-ring (bicyclic) bond motifs is 1. The van der Waals surface area contributed by atoms with Crippen LogP contribution in [0.5, 0.6) is 0 Å². The molecule has 6 nitrogen and oxygen atoms in total. The molecule has 1 saturated carbocycles. The van der Waals surface area contributed by atoms with Gasteiger partial charge in [-0.05, 0) is 12.5 Å². The quantitative estimate of drug-likeness (QED) is 0.783. The summed E-state index contributed by atoms with van der Waals surface area (Å²) in [5.41, 5.74) is 3.25. The molecule has 2 N–H and O–H groups in total. The van der Waals surface area contributed by atoms with Crippen molar-refractivity contribution in [3.63, 3.8) is 0 Å². The number of aliphatic hydroxyl groups is 2. The lowest BCUT2D eigenvalue weighted by molar-refractivity contribution is 0.0536. The summed E-state index contributed by atoms with van der Waals surface area (Å²) >= 11 is 0. The summed E-state index contributed by atoms with van der Waals surface area (Å²) in [7, 11) is 0. The van der Waals surface area contributed by atoms with E-state index in [1.54, 1.807) is 6.33 Å². The van der Waals surface area contributed by atoms with Gasteiger partial charge in [-0.2, -0.15) is 0 Å². The zero-order valence-corrected chi connectivity index (χ0v) is 10.7. The van der Waals surface area contributed by atoms with Crippen LogP contribution in [0.15, 0.2) is 24.8 Å². The highest BCUT2D eigenvalue weighted by atomic mass is 16.3. The molecule has 2 heterocycles. The number of aryl methyl sites for hydroxylation is 1. The van der Waals surface area contributed by atoms with E-state index in [4.69, 9.17) is 0 Å². The molecule has 0 spiro atoms. The normalized spacial score (nSPS) is 26.7. The third-order valence-corrected chi connectivity index (χ3v) is 4.03. The standard InChI is InChI=1S/C13H16N4O2/c1-7-9(3-18)10(4-19)12(7)17-6-16-11-8(2)14-5-15-13(11)17/h5-6,9-10,12,18-19H,1,3-4H2,2H3/t9-,10+,12+/m1/s1. The second-order valence-electron chi connectivity index (χ2n) is 4.94. The van der Waals surface area contributed by atoms with E-state index in [1.807, 2.05) is 11.5 Å².